The van der Waals surface area contributed by atoms with Gasteiger partial charge < -0.3 is 20.1 Å². The SMILES string of the molecule is CCOC(=O)[C@H]1[C@@H]2C(=O)N([C@@H](CO)CC(C)C)[C@H](C(=O)Nc3c(C)cccc3Cl)[C@H]2C=C[C@H]1CC. The lowest BCUT2D eigenvalue weighted by Gasteiger charge is -2.34. The number of likely N-dealkylation sites (tertiary alicyclic amines) is 1. The van der Waals surface area contributed by atoms with E-state index in [4.69, 9.17) is 16.3 Å². The zero-order valence-corrected chi connectivity index (χ0v) is 21.9. The second kappa shape index (κ2) is 11.6. The molecule has 0 radical (unpaired) electrons. The van der Waals surface area contributed by atoms with Gasteiger partial charge in [-0.15, -0.1) is 0 Å². The first-order chi connectivity index (χ1) is 16.7. The van der Waals surface area contributed by atoms with Crippen molar-refractivity contribution in [1.82, 2.24) is 4.90 Å². The van der Waals surface area contributed by atoms with Gasteiger partial charge in [-0.1, -0.05) is 56.7 Å². The number of allylic oxidation sites excluding steroid dienone is 1. The average molecular weight is 505 g/mol. The monoisotopic (exact) mass is 504 g/mol. The number of amides is 2. The third kappa shape index (κ3) is 5.41. The molecular weight excluding hydrogens is 468 g/mol. The minimum atomic E-state index is -0.884. The van der Waals surface area contributed by atoms with Gasteiger partial charge in [-0.3, -0.25) is 14.4 Å². The number of nitrogens with one attached hydrogen (secondary N) is 1. The van der Waals surface area contributed by atoms with Gasteiger partial charge in [0.1, 0.15) is 6.04 Å². The summed E-state index contributed by atoms with van der Waals surface area (Å²) in [7, 11) is 0. The molecule has 3 rings (SSSR count). The molecule has 0 unspecified atom stereocenters. The summed E-state index contributed by atoms with van der Waals surface area (Å²) in [4.78, 5) is 42.3. The molecule has 6 atom stereocenters. The predicted octanol–water partition coefficient (Wildman–Crippen LogP) is 4.21. The molecule has 0 bridgehead atoms. The Balaban J connectivity index is 2.08. The number of rotatable bonds is 9. The normalized spacial score (nSPS) is 26.6. The standard InChI is InChI=1S/C27H37ClN2O5/c1-6-17-11-12-19-22(21(17)27(34)35-7-2)26(33)30(18(14-31)13-15(3)4)24(19)25(32)29-23-16(5)9-8-10-20(23)28/h8-12,15,17-19,21-22,24,31H,6-7,13-14H2,1-5H3,(H,29,32)/t17-,18-,19+,21-,22-,24+/m1/s1. The highest BCUT2D eigenvalue weighted by Crippen LogP contribution is 2.46. The molecule has 7 nitrogen and oxygen atoms in total. The Morgan fingerprint density at radius 3 is 2.51 bits per heavy atom. The molecule has 2 amide bonds. The molecule has 1 fully saturated rings. The summed E-state index contributed by atoms with van der Waals surface area (Å²) in [5, 5.41) is 13.6. The molecule has 1 saturated heterocycles. The van der Waals surface area contributed by atoms with Crippen molar-refractivity contribution in [2.24, 2.45) is 29.6 Å². The smallest absolute Gasteiger partial charge is 0.310 e. The van der Waals surface area contributed by atoms with Gasteiger partial charge in [0.25, 0.3) is 0 Å². The third-order valence-corrected chi connectivity index (χ3v) is 7.48. The van der Waals surface area contributed by atoms with Gasteiger partial charge in [0.2, 0.25) is 11.8 Å². The minimum Gasteiger partial charge on any atom is -0.466 e. The van der Waals surface area contributed by atoms with Gasteiger partial charge >= 0.3 is 5.97 Å². The first kappa shape index (κ1) is 27.2. The van der Waals surface area contributed by atoms with E-state index in [0.29, 0.717) is 23.6 Å². The van der Waals surface area contributed by atoms with Gasteiger partial charge in [0.05, 0.1) is 41.8 Å². The summed E-state index contributed by atoms with van der Waals surface area (Å²) in [6, 6.07) is 3.92. The van der Waals surface area contributed by atoms with E-state index in [-0.39, 0.29) is 36.9 Å². The van der Waals surface area contributed by atoms with Crippen LogP contribution in [0.2, 0.25) is 5.02 Å². The molecule has 192 valence electrons. The number of aliphatic hydroxyl groups is 1. The minimum absolute atomic E-state index is 0.161. The second-order valence-corrected chi connectivity index (χ2v) is 10.3. The number of nitrogens with zero attached hydrogens (tertiary/aromatic N) is 1. The summed E-state index contributed by atoms with van der Waals surface area (Å²) in [5.41, 5.74) is 1.29. The van der Waals surface area contributed by atoms with Crippen molar-refractivity contribution in [3.8, 4) is 0 Å². The van der Waals surface area contributed by atoms with Crippen LogP contribution in [0.15, 0.2) is 30.4 Å². The first-order valence-electron chi connectivity index (χ1n) is 12.5. The molecule has 1 aromatic carbocycles. The van der Waals surface area contributed by atoms with Crippen LogP contribution in [0.5, 0.6) is 0 Å². The average Bonchev–Trinajstić information content (AvgIpc) is 3.11. The van der Waals surface area contributed by atoms with E-state index in [2.05, 4.69) is 5.32 Å². The fourth-order valence-corrected chi connectivity index (χ4v) is 5.87. The van der Waals surface area contributed by atoms with Crippen molar-refractivity contribution >= 4 is 35.1 Å². The van der Waals surface area contributed by atoms with Crippen LogP contribution < -0.4 is 5.32 Å². The van der Waals surface area contributed by atoms with Crippen molar-refractivity contribution in [2.75, 3.05) is 18.5 Å². The molecule has 1 aliphatic carbocycles. The maximum atomic E-state index is 14.0. The highest BCUT2D eigenvalue weighted by atomic mass is 35.5. The van der Waals surface area contributed by atoms with E-state index in [1.54, 1.807) is 19.1 Å². The lowest BCUT2D eigenvalue weighted by atomic mass is 9.69. The van der Waals surface area contributed by atoms with Gasteiger partial charge in [0.15, 0.2) is 0 Å². The number of carbonyl (C=O) groups is 3. The Hall–Kier alpha value is -2.38. The van der Waals surface area contributed by atoms with Gasteiger partial charge in [-0.05, 0) is 50.2 Å². The molecule has 8 heteroatoms. The summed E-state index contributed by atoms with van der Waals surface area (Å²) in [6.07, 6.45) is 5.04. The summed E-state index contributed by atoms with van der Waals surface area (Å²) >= 11 is 6.37. The topological polar surface area (TPSA) is 95.9 Å². The van der Waals surface area contributed by atoms with Crippen LogP contribution in [0.25, 0.3) is 0 Å². The quantitative estimate of drug-likeness (QED) is 0.388. The number of benzene rings is 1. The molecule has 1 aromatic rings. The lowest BCUT2D eigenvalue weighted by Crippen LogP contribution is -2.51. The summed E-state index contributed by atoms with van der Waals surface area (Å²) in [5.74, 6) is -2.99. The van der Waals surface area contributed by atoms with Crippen molar-refractivity contribution in [3.05, 3.63) is 40.9 Å². The number of carbonyl (C=O) groups excluding carboxylic acids is 3. The van der Waals surface area contributed by atoms with Crippen molar-refractivity contribution in [1.29, 1.82) is 0 Å². The van der Waals surface area contributed by atoms with Crippen LogP contribution in [0.1, 0.15) is 46.1 Å². The fraction of sp³-hybridized carbons (Fsp3) is 0.593. The Labute approximate surface area is 212 Å². The third-order valence-electron chi connectivity index (χ3n) is 7.16. The molecule has 0 saturated carbocycles. The van der Waals surface area contributed by atoms with E-state index < -0.39 is 35.8 Å². The molecule has 1 aliphatic heterocycles. The highest BCUT2D eigenvalue weighted by molar-refractivity contribution is 6.34. The molecule has 2 N–H and O–H groups in total. The second-order valence-electron chi connectivity index (χ2n) is 9.92. The number of fused-ring (bicyclic) bond motifs is 1. The number of aryl methyl sites for hydroxylation is 1. The Morgan fingerprint density at radius 1 is 1.23 bits per heavy atom. The van der Waals surface area contributed by atoms with Crippen LogP contribution in [-0.4, -0.2) is 53.1 Å². The number of hydrogen-bond acceptors (Lipinski definition) is 5. The Bertz CT molecular complexity index is 958. The first-order valence-corrected chi connectivity index (χ1v) is 12.9. The number of halogens is 1. The number of anilines is 1. The van der Waals surface area contributed by atoms with E-state index in [1.165, 1.54) is 4.90 Å². The molecule has 35 heavy (non-hydrogen) atoms. The van der Waals surface area contributed by atoms with Crippen LogP contribution >= 0.6 is 11.6 Å². The maximum absolute atomic E-state index is 14.0. The van der Waals surface area contributed by atoms with Crippen LogP contribution in [0, 0.1) is 36.5 Å². The fourth-order valence-electron chi connectivity index (χ4n) is 5.60. The number of aliphatic hydroxyl groups excluding tert-OH is 1. The summed E-state index contributed by atoms with van der Waals surface area (Å²) < 4.78 is 5.37. The molecule has 0 spiro atoms. The molecule has 0 aromatic heterocycles. The Morgan fingerprint density at radius 2 is 1.94 bits per heavy atom. The lowest BCUT2D eigenvalue weighted by molar-refractivity contribution is -0.156. The van der Waals surface area contributed by atoms with Crippen molar-refractivity contribution < 1.29 is 24.2 Å². The van der Waals surface area contributed by atoms with E-state index in [0.717, 1.165) is 5.56 Å². The van der Waals surface area contributed by atoms with Crippen LogP contribution in [0.3, 0.4) is 0 Å². The van der Waals surface area contributed by atoms with Crippen molar-refractivity contribution in [3.63, 3.8) is 0 Å². The van der Waals surface area contributed by atoms with Gasteiger partial charge in [-0.2, -0.15) is 0 Å². The largest absolute Gasteiger partial charge is 0.466 e. The van der Waals surface area contributed by atoms with Crippen LogP contribution in [-0.2, 0) is 19.1 Å². The van der Waals surface area contributed by atoms with Crippen molar-refractivity contribution in [2.45, 2.75) is 59.5 Å². The number of esters is 1. The molecule has 1 heterocycles. The van der Waals surface area contributed by atoms with Gasteiger partial charge in [-0.25, -0.2) is 0 Å². The summed E-state index contributed by atoms with van der Waals surface area (Å²) in [6.45, 7) is 9.51. The van der Waals surface area contributed by atoms with E-state index in [1.807, 2.05) is 45.9 Å². The zero-order valence-electron chi connectivity index (χ0n) is 21.2. The number of para-hydroxylation sites is 1. The van der Waals surface area contributed by atoms with E-state index >= 15 is 0 Å². The highest BCUT2D eigenvalue weighted by Gasteiger charge is 2.58. The van der Waals surface area contributed by atoms with Gasteiger partial charge in [0, 0.05) is 5.92 Å². The predicted molar refractivity (Wildman–Crippen MR) is 136 cm³/mol. The Kier molecular flexibility index (Phi) is 9.00. The molecule has 2 aliphatic rings. The zero-order chi connectivity index (χ0) is 25.9. The van der Waals surface area contributed by atoms with Crippen LogP contribution in [0.4, 0.5) is 5.69 Å². The maximum Gasteiger partial charge on any atom is 0.310 e. The van der Waals surface area contributed by atoms with E-state index in [9.17, 15) is 19.5 Å². The molecular formula is C27H37ClN2O5. The number of ether oxygens (including phenoxy) is 1. The number of hydrogen-bond donors (Lipinski definition) is 2.